The van der Waals surface area contributed by atoms with E-state index in [1.165, 1.54) is 29.1 Å². The summed E-state index contributed by atoms with van der Waals surface area (Å²) in [6.45, 7) is 0. The Balaban J connectivity index is 1.86. The molecule has 0 saturated carbocycles. The summed E-state index contributed by atoms with van der Waals surface area (Å²) in [7, 11) is 5.62. The average molecular weight is 296 g/mol. The maximum Gasteiger partial charge on any atom is 0.335 e. The lowest BCUT2D eigenvalue weighted by atomic mass is 9.75. The molecule has 1 aliphatic heterocycles. The zero-order valence-electron chi connectivity index (χ0n) is 13.2. The molecule has 0 amide bonds. The molecule has 0 radical (unpaired) electrons. The lowest BCUT2D eigenvalue weighted by molar-refractivity contribution is -0.136. The number of fused-ring (bicyclic) bond motifs is 2. The van der Waals surface area contributed by atoms with E-state index in [1.807, 2.05) is 6.20 Å². The molecule has 2 aromatic rings. The molecule has 2 atom stereocenters. The number of carbonyl (C=O) groups is 1. The molecule has 22 heavy (non-hydrogen) atoms. The van der Waals surface area contributed by atoms with Gasteiger partial charge < -0.3 is 14.2 Å². The van der Waals surface area contributed by atoms with E-state index in [9.17, 15) is 4.79 Å². The van der Waals surface area contributed by atoms with Crippen LogP contribution in [-0.2, 0) is 23.0 Å². The monoisotopic (exact) mass is 296 g/mol. The number of esters is 1. The molecule has 0 spiro atoms. The summed E-state index contributed by atoms with van der Waals surface area (Å²) in [5.41, 5.74) is 4.83. The first-order valence-corrected chi connectivity index (χ1v) is 7.68. The van der Waals surface area contributed by atoms with E-state index in [-0.39, 0.29) is 5.97 Å². The Morgan fingerprint density at radius 1 is 1.27 bits per heavy atom. The molecule has 0 saturated heterocycles. The highest BCUT2D eigenvalue weighted by atomic mass is 16.5. The van der Waals surface area contributed by atoms with Crippen LogP contribution in [0.2, 0.25) is 0 Å². The molecule has 4 heteroatoms. The molecule has 0 fully saturated rings. The van der Waals surface area contributed by atoms with Crippen LogP contribution in [-0.4, -0.2) is 35.6 Å². The summed E-state index contributed by atoms with van der Waals surface area (Å²) in [5, 5.41) is 1.38. The van der Waals surface area contributed by atoms with E-state index in [0.717, 1.165) is 18.4 Å². The van der Waals surface area contributed by atoms with Gasteiger partial charge in [0.05, 0.1) is 12.7 Å². The van der Waals surface area contributed by atoms with Crippen molar-refractivity contribution in [2.75, 3.05) is 14.2 Å². The lowest BCUT2D eigenvalue weighted by Crippen LogP contribution is -2.41. The second-order valence-corrected chi connectivity index (χ2v) is 6.40. The molecule has 1 aromatic carbocycles. The van der Waals surface area contributed by atoms with Crippen molar-refractivity contribution in [1.82, 2.24) is 9.47 Å². The third kappa shape index (κ3) is 1.73. The van der Waals surface area contributed by atoms with Gasteiger partial charge in [-0.3, -0.25) is 0 Å². The normalized spacial score (nSPS) is 23.2. The van der Waals surface area contributed by atoms with E-state index < -0.39 is 0 Å². The second kappa shape index (κ2) is 4.63. The number of ether oxygens (including phenoxy) is 1. The second-order valence-electron chi connectivity index (χ2n) is 6.40. The van der Waals surface area contributed by atoms with E-state index in [4.69, 9.17) is 4.74 Å². The number of aryl methyl sites for hydroxylation is 1. The summed E-state index contributed by atoms with van der Waals surface area (Å²) < 4.78 is 7.13. The first kappa shape index (κ1) is 13.4. The minimum absolute atomic E-state index is 0.212. The van der Waals surface area contributed by atoms with Crippen molar-refractivity contribution in [3.63, 3.8) is 0 Å². The number of nitrogens with zero attached hydrogens (tertiary/aromatic N) is 2. The van der Waals surface area contributed by atoms with Gasteiger partial charge in [-0.15, -0.1) is 0 Å². The highest BCUT2D eigenvalue weighted by molar-refractivity contribution is 5.91. The van der Waals surface area contributed by atoms with Gasteiger partial charge in [0.15, 0.2) is 0 Å². The fraction of sp³-hybridized carbons (Fsp3) is 0.389. The molecule has 1 aliphatic carbocycles. The van der Waals surface area contributed by atoms with Crippen LogP contribution in [0.4, 0.5) is 0 Å². The van der Waals surface area contributed by atoms with Crippen molar-refractivity contribution in [2.24, 2.45) is 7.05 Å². The van der Waals surface area contributed by atoms with Crippen LogP contribution in [0.5, 0.6) is 0 Å². The number of rotatable bonds is 1. The summed E-state index contributed by atoms with van der Waals surface area (Å²) in [6.07, 6.45) is 5.99. The van der Waals surface area contributed by atoms with Crippen LogP contribution >= 0.6 is 0 Å². The minimum Gasteiger partial charge on any atom is -0.466 e. The molecule has 0 bridgehead atoms. The van der Waals surface area contributed by atoms with Gasteiger partial charge in [0, 0.05) is 49.4 Å². The fourth-order valence-electron chi connectivity index (χ4n) is 4.18. The van der Waals surface area contributed by atoms with Gasteiger partial charge in [-0.2, -0.15) is 0 Å². The molecular formula is C18H20N2O2. The van der Waals surface area contributed by atoms with Gasteiger partial charge in [-0.1, -0.05) is 12.1 Å². The Labute approximate surface area is 130 Å². The number of hydrogen-bond donors (Lipinski definition) is 0. The van der Waals surface area contributed by atoms with Crippen molar-refractivity contribution < 1.29 is 9.53 Å². The van der Waals surface area contributed by atoms with Crippen molar-refractivity contribution in [2.45, 2.75) is 24.8 Å². The van der Waals surface area contributed by atoms with Crippen LogP contribution in [0.1, 0.15) is 23.5 Å². The molecule has 0 N–H and O–H groups in total. The Morgan fingerprint density at radius 2 is 2.09 bits per heavy atom. The minimum atomic E-state index is -0.212. The molecule has 114 valence electrons. The topological polar surface area (TPSA) is 34.5 Å². The summed E-state index contributed by atoms with van der Waals surface area (Å²) >= 11 is 0. The zero-order valence-corrected chi connectivity index (χ0v) is 13.2. The van der Waals surface area contributed by atoms with E-state index in [2.05, 4.69) is 48.0 Å². The van der Waals surface area contributed by atoms with Crippen molar-refractivity contribution in [3.8, 4) is 0 Å². The van der Waals surface area contributed by atoms with Crippen molar-refractivity contribution in [1.29, 1.82) is 0 Å². The van der Waals surface area contributed by atoms with Crippen LogP contribution < -0.4 is 0 Å². The Kier molecular flexibility index (Phi) is 2.83. The number of methoxy groups -OCH3 is 1. The number of benzene rings is 1. The standard InChI is InChI=1S/C18H20N2O2/c1-19-9-11-8-16-14(13-5-4-6-15(19)17(11)13)7-12(10-20(16)2)18(21)22-3/h4-6,9-10,14,16H,7-8H2,1-3H3/t14-,16-/m1/s1. The van der Waals surface area contributed by atoms with Crippen molar-refractivity contribution >= 4 is 16.9 Å². The predicted octanol–water partition coefficient (Wildman–Crippen LogP) is 2.58. The molecule has 4 rings (SSSR count). The third-order valence-electron chi connectivity index (χ3n) is 5.19. The fourth-order valence-corrected chi connectivity index (χ4v) is 4.18. The largest absolute Gasteiger partial charge is 0.466 e. The Morgan fingerprint density at radius 3 is 2.86 bits per heavy atom. The van der Waals surface area contributed by atoms with Crippen LogP contribution in [0.15, 0.2) is 36.2 Å². The first-order valence-electron chi connectivity index (χ1n) is 7.68. The molecule has 2 aliphatic rings. The highest BCUT2D eigenvalue weighted by Crippen LogP contribution is 2.44. The van der Waals surface area contributed by atoms with Crippen LogP contribution in [0, 0.1) is 0 Å². The van der Waals surface area contributed by atoms with Gasteiger partial charge in [-0.05, 0) is 30.0 Å². The average Bonchev–Trinajstić information content (AvgIpc) is 2.85. The summed E-state index contributed by atoms with van der Waals surface area (Å²) in [6, 6.07) is 6.93. The molecule has 2 heterocycles. The van der Waals surface area contributed by atoms with Gasteiger partial charge in [0.25, 0.3) is 0 Å². The Hall–Kier alpha value is -2.23. The van der Waals surface area contributed by atoms with E-state index in [1.54, 1.807) is 0 Å². The van der Waals surface area contributed by atoms with Crippen molar-refractivity contribution in [3.05, 3.63) is 47.3 Å². The summed E-state index contributed by atoms with van der Waals surface area (Å²) in [4.78, 5) is 14.1. The number of hydrogen-bond acceptors (Lipinski definition) is 3. The quantitative estimate of drug-likeness (QED) is 0.759. The first-order chi connectivity index (χ1) is 10.6. The lowest BCUT2D eigenvalue weighted by Gasteiger charge is -2.41. The maximum absolute atomic E-state index is 12.0. The molecule has 1 aromatic heterocycles. The zero-order chi connectivity index (χ0) is 15.4. The maximum atomic E-state index is 12.0. The van der Waals surface area contributed by atoms with Gasteiger partial charge in [-0.25, -0.2) is 4.79 Å². The smallest absolute Gasteiger partial charge is 0.335 e. The van der Waals surface area contributed by atoms with Crippen LogP contribution in [0.3, 0.4) is 0 Å². The van der Waals surface area contributed by atoms with Gasteiger partial charge in [0.2, 0.25) is 0 Å². The number of aromatic nitrogens is 1. The number of likely N-dealkylation sites (N-methyl/N-ethyl adjacent to an activating group) is 1. The SMILES string of the molecule is COC(=O)C1=CN(C)[C@@H]2Cc3cn(C)c4cccc(c34)[C@H]2C1. The molecule has 0 unspecified atom stereocenters. The summed E-state index contributed by atoms with van der Waals surface area (Å²) in [5.74, 6) is 0.138. The van der Waals surface area contributed by atoms with Gasteiger partial charge >= 0.3 is 5.97 Å². The predicted molar refractivity (Wildman–Crippen MR) is 85.6 cm³/mol. The molecule has 4 nitrogen and oxygen atoms in total. The van der Waals surface area contributed by atoms with Crippen LogP contribution in [0.25, 0.3) is 10.9 Å². The Bertz CT molecular complexity index is 803. The van der Waals surface area contributed by atoms with Gasteiger partial charge in [0.1, 0.15) is 0 Å². The third-order valence-corrected chi connectivity index (χ3v) is 5.19. The van der Waals surface area contributed by atoms with E-state index in [0.29, 0.717) is 12.0 Å². The molecular weight excluding hydrogens is 276 g/mol. The highest BCUT2D eigenvalue weighted by Gasteiger charge is 2.37. The number of carbonyl (C=O) groups excluding carboxylic acids is 1. The van der Waals surface area contributed by atoms with E-state index >= 15 is 0 Å².